The van der Waals surface area contributed by atoms with Crippen LogP contribution in [-0.4, -0.2) is 35.0 Å². The smallest absolute Gasteiger partial charge is 0.336 e. The van der Waals surface area contributed by atoms with Crippen molar-refractivity contribution in [2.24, 2.45) is 0 Å². The molecule has 0 amide bonds. The molecule has 1 aromatic rings. The van der Waals surface area contributed by atoms with Crippen molar-refractivity contribution >= 4 is 23.5 Å². The van der Waals surface area contributed by atoms with Crippen LogP contribution in [0.5, 0.6) is 5.75 Å². The van der Waals surface area contributed by atoms with Gasteiger partial charge in [0.05, 0.1) is 5.57 Å². The van der Waals surface area contributed by atoms with Gasteiger partial charge in [0.1, 0.15) is 12.4 Å². The highest BCUT2D eigenvalue weighted by Crippen LogP contribution is 2.42. The van der Waals surface area contributed by atoms with E-state index < -0.39 is 5.92 Å². The molecule has 0 bridgehead atoms. The number of allylic oxidation sites excluding steroid dienone is 3. The average Bonchev–Trinajstić information content (AvgIpc) is 2.65. The van der Waals surface area contributed by atoms with Gasteiger partial charge in [0.25, 0.3) is 0 Å². The summed E-state index contributed by atoms with van der Waals surface area (Å²) in [7, 11) is 0. The summed E-state index contributed by atoms with van der Waals surface area (Å²) in [6, 6.07) is 6.71. The van der Waals surface area contributed by atoms with Crippen molar-refractivity contribution in [2.45, 2.75) is 39.0 Å². The van der Waals surface area contributed by atoms with Crippen molar-refractivity contribution in [3.05, 3.63) is 52.4 Å². The molecule has 1 atom stereocenters. The number of Topliss-reactive ketones (excluding diaryl/α,β-unsaturated/α-hetero) is 1. The summed E-state index contributed by atoms with van der Waals surface area (Å²) in [6.07, 6.45) is 2.10. The van der Waals surface area contributed by atoms with Crippen LogP contribution in [0.25, 0.3) is 0 Å². The quantitative estimate of drug-likeness (QED) is 0.573. The second kappa shape index (κ2) is 8.65. The molecule has 1 aromatic carbocycles. The van der Waals surface area contributed by atoms with Crippen LogP contribution >= 0.6 is 11.8 Å². The van der Waals surface area contributed by atoms with Crippen molar-refractivity contribution < 1.29 is 19.4 Å². The Morgan fingerprint density at radius 2 is 2.04 bits per heavy atom. The first-order chi connectivity index (χ1) is 13.0. The van der Waals surface area contributed by atoms with Gasteiger partial charge in [0.2, 0.25) is 0 Å². The van der Waals surface area contributed by atoms with Gasteiger partial charge < -0.3 is 15.2 Å². The first-order valence-electron chi connectivity index (χ1n) is 9.30. The molecule has 0 spiro atoms. The minimum Gasteiger partial charge on any atom is -0.508 e. The Kier molecular flexibility index (Phi) is 6.26. The number of ether oxygens (including phenoxy) is 1. The molecular weight excluding hydrogens is 362 g/mol. The monoisotopic (exact) mass is 387 g/mol. The van der Waals surface area contributed by atoms with E-state index in [0.29, 0.717) is 24.2 Å². The molecule has 1 heterocycles. The van der Waals surface area contributed by atoms with E-state index >= 15 is 0 Å². The summed E-state index contributed by atoms with van der Waals surface area (Å²) in [4.78, 5) is 25.6. The third-order valence-electron chi connectivity index (χ3n) is 4.89. The number of ketones is 1. The number of hydrogen-bond acceptors (Lipinski definition) is 6. The summed E-state index contributed by atoms with van der Waals surface area (Å²) in [5.41, 5.74) is 3.59. The van der Waals surface area contributed by atoms with E-state index in [4.69, 9.17) is 4.74 Å². The molecule has 1 aliphatic carbocycles. The van der Waals surface area contributed by atoms with E-state index in [-0.39, 0.29) is 17.5 Å². The molecule has 0 saturated heterocycles. The molecule has 0 aromatic heterocycles. The topological polar surface area (TPSA) is 75.6 Å². The first-order valence-corrected chi connectivity index (χ1v) is 10.5. The van der Waals surface area contributed by atoms with Crippen LogP contribution in [0.4, 0.5) is 0 Å². The SMILES string of the molecule is CCSCCOC(=O)C1=C(C)NC2=C(C(=O)CCC2)[C@H]1c1ccc(O)cc1. The normalized spacial score (nSPS) is 19.6. The fourth-order valence-electron chi connectivity index (χ4n) is 3.67. The molecule has 2 N–H and O–H groups in total. The number of esters is 1. The number of thioether (sulfide) groups is 1. The van der Waals surface area contributed by atoms with Crippen LogP contribution in [0.2, 0.25) is 0 Å². The fraction of sp³-hybridized carbons (Fsp3) is 0.429. The number of dihydropyridines is 1. The molecular formula is C21H25NO4S. The summed E-state index contributed by atoms with van der Waals surface area (Å²) >= 11 is 1.71. The zero-order valence-electron chi connectivity index (χ0n) is 15.7. The fourth-order valence-corrected chi connectivity index (χ4v) is 4.16. The Balaban J connectivity index is 1.97. The van der Waals surface area contributed by atoms with Crippen LogP contribution in [0.1, 0.15) is 44.6 Å². The maximum absolute atomic E-state index is 12.9. The van der Waals surface area contributed by atoms with E-state index in [0.717, 1.165) is 41.3 Å². The minimum atomic E-state index is -0.457. The number of nitrogens with one attached hydrogen (secondary N) is 1. The van der Waals surface area contributed by atoms with Crippen molar-refractivity contribution in [2.75, 3.05) is 18.1 Å². The molecule has 2 aliphatic rings. The Morgan fingerprint density at radius 3 is 2.74 bits per heavy atom. The van der Waals surface area contributed by atoms with E-state index in [2.05, 4.69) is 12.2 Å². The Hall–Kier alpha value is -2.21. The molecule has 0 unspecified atom stereocenters. The van der Waals surface area contributed by atoms with E-state index in [1.807, 2.05) is 6.92 Å². The van der Waals surface area contributed by atoms with Crippen LogP contribution in [0.15, 0.2) is 46.8 Å². The van der Waals surface area contributed by atoms with Gasteiger partial charge >= 0.3 is 5.97 Å². The molecule has 0 radical (unpaired) electrons. The van der Waals surface area contributed by atoms with Crippen LogP contribution in [-0.2, 0) is 14.3 Å². The molecule has 5 nitrogen and oxygen atoms in total. The zero-order valence-corrected chi connectivity index (χ0v) is 16.5. The van der Waals surface area contributed by atoms with Crippen molar-refractivity contribution in [1.29, 1.82) is 0 Å². The van der Waals surface area contributed by atoms with Crippen molar-refractivity contribution in [3.63, 3.8) is 0 Å². The molecule has 0 fully saturated rings. The lowest BCUT2D eigenvalue weighted by atomic mass is 9.75. The van der Waals surface area contributed by atoms with Gasteiger partial charge in [-0.2, -0.15) is 11.8 Å². The number of carbonyl (C=O) groups excluding carboxylic acids is 2. The van der Waals surface area contributed by atoms with Gasteiger partial charge in [0, 0.05) is 35.1 Å². The Bertz CT molecular complexity index is 795. The van der Waals surface area contributed by atoms with Gasteiger partial charge in [-0.05, 0) is 43.2 Å². The number of rotatable bonds is 6. The molecule has 3 rings (SSSR count). The third kappa shape index (κ3) is 4.21. The van der Waals surface area contributed by atoms with Crippen molar-refractivity contribution in [1.82, 2.24) is 5.32 Å². The number of hydrogen-bond donors (Lipinski definition) is 2. The number of phenolic OH excluding ortho intramolecular Hbond substituents is 1. The number of aromatic hydroxyl groups is 1. The van der Waals surface area contributed by atoms with Crippen LogP contribution < -0.4 is 5.32 Å². The lowest BCUT2D eigenvalue weighted by Gasteiger charge is -2.34. The van der Waals surface area contributed by atoms with Crippen LogP contribution in [0.3, 0.4) is 0 Å². The van der Waals surface area contributed by atoms with Gasteiger partial charge in [-0.15, -0.1) is 0 Å². The standard InChI is InChI=1S/C21H25NO4S/c1-3-27-12-11-26-21(25)18-13(2)22-16-5-4-6-17(24)20(16)19(18)14-7-9-15(23)10-8-14/h7-10,19,22-23H,3-6,11-12H2,1-2H3/t19-/m0/s1. The largest absolute Gasteiger partial charge is 0.508 e. The molecule has 0 saturated carbocycles. The Labute approximate surface area is 163 Å². The maximum atomic E-state index is 12.9. The number of phenols is 1. The lowest BCUT2D eigenvalue weighted by molar-refractivity contribution is -0.138. The van der Waals surface area contributed by atoms with Crippen molar-refractivity contribution in [3.8, 4) is 5.75 Å². The third-order valence-corrected chi connectivity index (χ3v) is 5.75. The predicted octanol–water partition coefficient (Wildman–Crippen LogP) is 3.66. The van der Waals surface area contributed by atoms with Gasteiger partial charge in [-0.1, -0.05) is 19.1 Å². The van der Waals surface area contributed by atoms with Gasteiger partial charge in [0.15, 0.2) is 5.78 Å². The molecule has 27 heavy (non-hydrogen) atoms. The van der Waals surface area contributed by atoms with E-state index in [9.17, 15) is 14.7 Å². The number of benzene rings is 1. The summed E-state index contributed by atoms with van der Waals surface area (Å²) in [5, 5.41) is 12.9. The lowest BCUT2D eigenvalue weighted by Crippen LogP contribution is -2.34. The summed E-state index contributed by atoms with van der Waals surface area (Å²) in [5.74, 6) is 1.10. The highest BCUT2D eigenvalue weighted by molar-refractivity contribution is 7.99. The summed E-state index contributed by atoms with van der Waals surface area (Å²) in [6.45, 7) is 4.26. The van der Waals surface area contributed by atoms with Crippen LogP contribution in [0, 0.1) is 0 Å². The van der Waals surface area contributed by atoms with Gasteiger partial charge in [-0.25, -0.2) is 4.79 Å². The predicted molar refractivity (Wildman–Crippen MR) is 107 cm³/mol. The summed E-state index contributed by atoms with van der Waals surface area (Å²) < 4.78 is 5.50. The highest BCUT2D eigenvalue weighted by atomic mass is 32.2. The van der Waals surface area contributed by atoms with Gasteiger partial charge in [-0.3, -0.25) is 4.79 Å². The zero-order chi connectivity index (χ0) is 19.4. The molecule has 1 aliphatic heterocycles. The second-order valence-corrected chi connectivity index (χ2v) is 8.08. The van der Waals surface area contributed by atoms with E-state index in [1.165, 1.54) is 0 Å². The van der Waals surface area contributed by atoms with E-state index in [1.54, 1.807) is 36.0 Å². The first kappa shape index (κ1) is 19.5. The maximum Gasteiger partial charge on any atom is 0.336 e. The molecule has 144 valence electrons. The minimum absolute atomic E-state index is 0.0705. The average molecular weight is 388 g/mol. The number of carbonyl (C=O) groups is 2. The highest BCUT2D eigenvalue weighted by Gasteiger charge is 2.39. The Morgan fingerprint density at radius 1 is 1.30 bits per heavy atom. The second-order valence-electron chi connectivity index (χ2n) is 6.69. The molecule has 6 heteroatoms.